The second-order valence-corrected chi connectivity index (χ2v) is 3.26. The van der Waals surface area contributed by atoms with Crippen molar-refractivity contribution >= 4 is 27.6 Å². The fraction of sp³-hybridized carbons (Fsp3) is 0. The van der Waals surface area contributed by atoms with Gasteiger partial charge in [0.15, 0.2) is 5.56 Å². The lowest BCUT2D eigenvalue weighted by atomic mass is 10.2. The third kappa shape index (κ3) is 1.87. The first-order chi connectivity index (χ1) is 6.43. The third-order valence-electron chi connectivity index (χ3n) is 1.44. The number of carboxylic acids is 1. The predicted octanol–water partition coefficient (Wildman–Crippen LogP) is 2.19. The van der Waals surface area contributed by atoms with E-state index in [2.05, 4.69) is 15.9 Å². The van der Waals surface area contributed by atoms with Crippen molar-refractivity contribution in [2.75, 3.05) is 0 Å². The molecule has 0 bridgehead atoms. The Morgan fingerprint density at radius 2 is 2.14 bits per heavy atom. The van der Waals surface area contributed by atoms with E-state index in [1.54, 1.807) is 0 Å². The first kappa shape index (κ1) is 10.6. The van der Waals surface area contributed by atoms with Gasteiger partial charge in [-0.1, -0.05) is 15.9 Å². The summed E-state index contributed by atoms with van der Waals surface area (Å²) in [6, 6.07) is 1.79. The maximum Gasteiger partial charge on any atom is 0.345 e. The molecule has 1 aromatic rings. The number of benzene rings is 1. The molecule has 0 amide bonds. The van der Waals surface area contributed by atoms with E-state index in [1.807, 2.05) is 0 Å². The minimum atomic E-state index is -1.67. The van der Waals surface area contributed by atoms with E-state index in [1.165, 1.54) is 0 Å². The van der Waals surface area contributed by atoms with Gasteiger partial charge in [-0.05, 0) is 6.07 Å². The van der Waals surface area contributed by atoms with E-state index >= 15 is 0 Å². The van der Waals surface area contributed by atoms with Gasteiger partial charge >= 0.3 is 5.97 Å². The van der Waals surface area contributed by atoms with E-state index in [4.69, 9.17) is 5.11 Å². The van der Waals surface area contributed by atoms with Gasteiger partial charge in [0.1, 0.15) is 5.82 Å². The Labute approximate surface area is 85.4 Å². The topological polar surface area (TPSA) is 80.4 Å². The van der Waals surface area contributed by atoms with Crippen LogP contribution >= 0.6 is 15.9 Å². The summed E-state index contributed by atoms with van der Waals surface area (Å²) in [7, 11) is 0. The van der Waals surface area contributed by atoms with Gasteiger partial charge in [-0.25, -0.2) is 9.18 Å². The Kier molecular flexibility index (Phi) is 2.80. The molecule has 1 aromatic carbocycles. The zero-order chi connectivity index (χ0) is 10.9. The molecule has 14 heavy (non-hydrogen) atoms. The van der Waals surface area contributed by atoms with E-state index in [9.17, 15) is 19.3 Å². The van der Waals surface area contributed by atoms with Crippen molar-refractivity contribution in [1.82, 2.24) is 0 Å². The summed E-state index contributed by atoms with van der Waals surface area (Å²) >= 11 is 2.83. The summed E-state index contributed by atoms with van der Waals surface area (Å²) in [5, 5.41) is 18.9. The van der Waals surface area contributed by atoms with Crippen molar-refractivity contribution in [3.05, 3.63) is 38.1 Å². The quantitative estimate of drug-likeness (QED) is 0.655. The highest BCUT2D eigenvalue weighted by atomic mass is 79.9. The molecule has 5 nitrogen and oxygen atoms in total. The molecule has 1 N–H and O–H groups in total. The first-order valence-electron chi connectivity index (χ1n) is 3.30. The standard InChI is InChI=1S/C7H3BrFNO4/c8-3-1-4(9)6(7(11)12)5(2-3)10(13)14/h1-2H,(H,11,12). The number of nitro groups is 1. The molecule has 0 aromatic heterocycles. The van der Waals surface area contributed by atoms with Crippen molar-refractivity contribution in [1.29, 1.82) is 0 Å². The van der Waals surface area contributed by atoms with Crippen LogP contribution in [0.25, 0.3) is 0 Å². The predicted molar refractivity (Wildman–Crippen MR) is 47.7 cm³/mol. The van der Waals surface area contributed by atoms with Crippen molar-refractivity contribution in [3.63, 3.8) is 0 Å². The number of halogens is 2. The molecular formula is C7H3BrFNO4. The van der Waals surface area contributed by atoms with Gasteiger partial charge in [-0.3, -0.25) is 10.1 Å². The summed E-state index contributed by atoms with van der Waals surface area (Å²) in [4.78, 5) is 19.9. The molecule has 1 rings (SSSR count). The van der Waals surface area contributed by atoms with E-state index in [0.717, 1.165) is 12.1 Å². The van der Waals surface area contributed by atoms with Gasteiger partial charge in [0.05, 0.1) is 4.92 Å². The summed E-state index contributed by atoms with van der Waals surface area (Å²) in [5.41, 5.74) is -1.71. The molecule has 0 aliphatic heterocycles. The SMILES string of the molecule is O=C(O)c1c(F)cc(Br)cc1[N+](=O)[O-]. The van der Waals surface area contributed by atoms with E-state index < -0.39 is 28.0 Å². The lowest BCUT2D eigenvalue weighted by molar-refractivity contribution is -0.385. The maximum atomic E-state index is 13.0. The Morgan fingerprint density at radius 1 is 1.57 bits per heavy atom. The summed E-state index contributed by atoms with van der Waals surface area (Å²) in [6.07, 6.45) is 0. The molecule has 0 unspecified atom stereocenters. The van der Waals surface area contributed by atoms with Gasteiger partial charge in [0.2, 0.25) is 0 Å². The molecule has 0 fully saturated rings. The Bertz CT molecular complexity index is 420. The van der Waals surface area contributed by atoms with Crippen LogP contribution in [0.4, 0.5) is 10.1 Å². The Hall–Kier alpha value is -1.50. The van der Waals surface area contributed by atoms with E-state index in [0.29, 0.717) is 0 Å². The second kappa shape index (κ2) is 3.70. The highest BCUT2D eigenvalue weighted by molar-refractivity contribution is 9.10. The van der Waals surface area contributed by atoms with Crippen LogP contribution in [0.5, 0.6) is 0 Å². The molecule has 74 valence electrons. The number of aromatic carboxylic acids is 1. The largest absolute Gasteiger partial charge is 0.477 e. The van der Waals surface area contributed by atoms with Crippen molar-refractivity contribution in [2.45, 2.75) is 0 Å². The zero-order valence-electron chi connectivity index (χ0n) is 6.53. The molecule has 7 heteroatoms. The fourth-order valence-electron chi connectivity index (χ4n) is 0.916. The number of rotatable bonds is 2. The van der Waals surface area contributed by atoms with Crippen LogP contribution in [-0.4, -0.2) is 16.0 Å². The normalized spacial score (nSPS) is 9.86. The number of carbonyl (C=O) groups is 1. The fourth-order valence-corrected chi connectivity index (χ4v) is 1.33. The molecule has 0 aliphatic carbocycles. The molecule has 0 heterocycles. The molecule has 0 spiro atoms. The van der Waals surface area contributed by atoms with Crippen LogP contribution in [0.15, 0.2) is 16.6 Å². The van der Waals surface area contributed by atoms with Gasteiger partial charge < -0.3 is 5.11 Å². The summed E-state index contributed by atoms with van der Waals surface area (Å²) in [5.74, 6) is -2.81. The lowest BCUT2D eigenvalue weighted by Gasteiger charge is -1.99. The molecule has 0 radical (unpaired) electrons. The average Bonchev–Trinajstić information content (AvgIpc) is 2.01. The van der Waals surface area contributed by atoms with Crippen LogP contribution in [0, 0.1) is 15.9 Å². The van der Waals surface area contributed by atoms with Crippen LogP contribution in [-0.2, 0) is 0 Å². The summed E-state index contributed by atoms with van der Waals surface area (Å²) < 4.78 is 13.1. The van der Waals surface area contributed by atoms with Gasteiger partial charge in [0.25, 0.3) is 5.69 Å². The number of hydrogen-bond acceptors (Lipinski definition) is 3. The summed E-state index contributed by atoms with van der Waals surface area (Å²) in [6.45, 7) is 0. The highest BCUT2D eigenvalue weighted by Crippen LogP contribution is 2.26. The van der Waals surface area contributed by atoms with Crippen LogP contribution < -0.4 is 0 Å². The average molecular weight is 264 g/mol. The number of hydrogen-bond donors (Lipinski definition) is 1. The molecule has 0 aliphatic rings. The Morgan fingerprint density at radius 3 is 2.57 bits per heavy atom. The Balaban J connectivity index is 3.52. The maximum absolute atomic E-state index is 13.0. The van der Waals surface area contributed by atoms with Crippen LogP contribution in [0.2, 0.25) is 0 Å². The highest BCUT2D eigenvalue weighted by Gasteiger charge is 2.25. The van der Waals surface area contributed by atoms with Crippen LogP contribution in [0.1, 0.15) is 10.4 Å². The number of nitrogens with zero attached hydrogens (tertiary/aromatic N) is 1. The van der Waals surface area contributed by atoms with Crippen LogP contribution in [0.3, 0.4) is 0 Å². The molecule has 0 saturated carbocycles. The van der Waals surface area contributed by atoms with Gasteiger partial charge in [-0.15, -0.1) is 0 Å². The minimum absolute atomic E-state index is 0.117. The zero-order valence-corrected chi connectivity index (χ0v) is 8.12. The minimum Gasteiger partial charge on any atom is -0.477 e. The molecule has 0 saturated heterocycles. The molecule has 0 atom stereocenters. The van der Waals surface area contributed by atoms with Gasteiger partial charge in [-0.2, -0.15) is 0 Å². The third-order valence-corrected chi connectivity index (χ3v) is 1.90. The number of nitro benzene ring substituents is 1. The smallest absolute Gasteiger partial charge is 0.345 e. The van der Waals surface area contributed by atoms with Crippen molar-refractivity contribution in [3.8, 4) is 0 Å². The number of carboxylic acid groups (broad SMARTS) is 1. The van der Waals surface area contributed by atoms with Gasteiger partial charge in [0, 0.05) is 10.5 Å². The van der Waals surface area contributed by atoms with E-state index in [-0.39, 0.29) is 4.47 Å². The second-order valence-electron chi connectivity index (χ2n) is 2.34. The lowest BCUT2D eigenvalue weighted by Crippen LogP contribution is -2.05. The van der Waals surface area contributed by atoms with Crippen molar-refractivity contribution < 1.29 is 19.2 Å². The first-order valence-corrected chi connectivity index (χ1v) is 4.09. The monoisotopic (exact) mass is 263 g/mol. The van der Waals surface area contributed by atoms with Crippen molar-refractivity contribution in [2.24, 2.45) is 0 Å². The molecular weight excluding hydrogens is 261 g/mol.